The molecule has 0 aromatic carbocycles. The lowest BCUT2D eigenvalue weighted by molar-refractivity contribution is 0.876. The van der Waals surface area contributed by atoms with Crippen LogP contribution in [0.15, 0.2) is 67.8 Å². The van der Waals surface area contributed by atoms with Gasteiger partial charge in [0.25, 0.3) is 0 Å². The van der Waals surface area contributed by atoms with Gasteiger partial charge in [-0.2, -0.15) is 5.10 Å². The first-order chi connectivity index (χ1) is 11.4. The van der Waals surface area contributed by atoms with Crippen molar-refractivity contribution in [2.24, 2.45) is 0 Å². The molecule has 0 radical (unpaired) electrons. The van der Waals surface area contributed by atoms with Gasteiger partial charge in [0, 0.05) is 49.6 Å². The van der Waals surface area contributed by atoms with E-state index in [1.54, 1.807) is 60.2 Å². The molecule has 0 bridgehead atoms. The zero-order valence-electron chi connectivity index (χ0n) is 12.0. The maximum atomic E-state index is 4.34. The lowest BCUT2D eigenvalue weighted by Gasteiger charge is -2.12. The van der Waals surface area contributed by atoms with Crippen molar-refractivity contribution < 1.29 is 0 Å². The van der Waals surface area contributed by atoms with Crippen molar-refractivity contribution in [3.8, 4) is 28.5 Å². The van der Waals surface area contributed by atoms with Gasteiger partial charge in [0.1, 0.15) is 0 Å². The first kappa shape index (κ1) is 13.2. The Morgan fingerprint density at radius 2 is 1.22 bits per heavy atom. The molecular formula is C16H11N7. The highest BCUT2D eigenvalue weighted by Gasteiger charge is 2.17. The van der Waals surface area contributed by atoms with Crippen molar-refractivity contribution in [1.82, 2.24) is 34.7 Å². The molecule has 7 nitrogen and oxygen atoms in total. The van der Waals surface area contributed by atoms with Gasteiger partial charge in [-0.05, 0) is 18.2 Å². The van der Waals surface area contributed by atoms with Crippen molar-refractivity contribution in [3.63, 3.8) is 0 Å². The Morgan fingerprint density at radius 3 is 1.70 bits per heavy atom. The largest absolute Gasteiger partial charge is 0.263 e. The molecule has 4 heterocycles. The van der Waals surface area contributed by atoms with E-state index in [4.69, 9.17) is 0 Å². The van der Waals surface area contributed by atoms with Crippen LogP contribution in [0.1, 0.15) is 0 Å². The summed E-state index contributed by atoms with van der Waals surface area (Å²) < 4.78 is 1.75. The van der Waals surface area contributed by atoms with Crippen LogP contribution < -0.4 is 0 Å². The first-order valence-electron chi connectivity index (χ1n) is 6.96. The van der Waals surface area contributed by atoms with Crippen LogP contribution in [-0.4, -0.2) is 34.7 Å². The van der Waals surface area contributed by atoms with Crippen molar-refractivity contribution >= 4 is 0 Å². The Hall–Kier alpha value is -3.48. The van der Waals surface area contributed by atoms with E-state index < -0.39 is 0 Å². The average molecular weight is 301 g/mol. The molecule has 0 N–H and O–H groups in total. The summed E-state index contributed by atoms with van der Waals surface area (Å²) in [7, 11) is 0. The van der Waals surface area contributed by atoms with Gasteiger partial charge in [-0.15, -0.1) is 0 Å². The molecule has 0 aliphatic carbocycles. The Kier molecular flexibility index (Phi) is 3.28. The quantitative estimate of drug-likeness (QED) is 0.577. The standard InChI is InChI=1S/C16H11N7/c1-4-18-15(19-5-1)12-10-17-11-13(16-20-6-2-7-21-16)14(12)23-9-3-8-22-23/h1-11H. The van der Waals surface area contributed by atoms with Crippen molar-refractivity contribution in [2.45, 2.75) is 0 Å². The lowest BCUT2D eigenvalue weighted by Crippen LogP contribution is -2.04. The summed E-state index contributed by atoms with van der Waals surface area (Å²) >= 11 is 0. The third-order valence-electron chi connectivity index (χ3n) is 3.26. The van der Waals surface area contributed by atoms with Crippen LogP contribution >= 0.6 is 0 Å². The predicted octanol–water partition coefficient (Wildman–Crippen LogP) is 2.18. The Balaban J connectivity index is 2.01. The van der Waals surface area contributed by atoms with Crippen LogP contribution in [0.4, 0.5) is 0 Å². The van der Waals surface area contributed by atoms with Crippen LogP contribution in [0.2, 0.25) is 0 Å². The van der Waals surface area contributed by atoms with Crippen molar-refractivity contribution in [3.05, 3.63) is 67.8 Å². The van der Waals surface area contributed by atoms with Gasteiger partial charge in [-0.25, -0.2) is 24.6 Å². The molecule has 0 unspecified atom stereocenters. The number of rotatable bonds is 3. The summed E-state index contributed by atoms with van der Waals surface area (Å²) in [6.07, 6.45) is 13.8. The second kappa shape index (κ2) is 5.72. The van der Waals surface area contributed by atoms with E-state index in [-0.39, 0.29) is 0 Å². The molecule has 0 spiro atoms. The summed E-state index contributed by atoms with van der Waals surface area (Å²) in [5.74, 6) is 1.14. The Bertz CT molecular complexity index is 848. The highest BCUT2D eigenvalue weighted by molar-refractivity contribution is 5.79. The van der Waals surface area contributed by atoms with E-state index in [2.05, 4.69) is 30.0 Å². The summed E-state index contributed by atoms with van der Waals surface area (Å²) in [5, 5.41) is 4.34. The minimum atomic E-state index is 0.572. The Labute approximate surface area is 131 Å². The number of hydrogen-bond acceptors (Lipinski definition) is 6. The van der Waals surface area contributed by atoms with E-state index >= 15 is 0 Å². The molecule has 0 aliphatic heterocycles. The molecule has 23 heavy (non-hydrogen) atoms. The molecule has 7 heteroatoms. The Morgan fingerprint density at radius 1 is 0.652 bits per heavy atom. The van der Waals surface area contributed by atoms with Crippen molar-refractivity contribution in [1.29, 1.82) is 0 Å². The van der Waals surface area contributed by atoms with E-state index in [0.717, 1.165) is 16.8 Å². The summed E-state index contributed by atoms with van der Waals surface area (Å²) in [5.41, 5.74) is 2.32. The molecule has 0 saturated heterocycles. The normalized spacial score (nSPS) is 10.6. The molecule has 4 rings (SSSR count). The monoisotopic (exact) mass is 301 g/mol. The van der Waals surface area contributed by atoms with Gasteiger partial charge in [-0.3, -0.25) is 4.98 Å². The van der Waals surface area contributed by atoms with Crippen LogP contribution in [0.25, 0.3) is 28.5 Å². The van der Waals surface area contributed by atoms with E-state index in [0.29, 0.717) is 11.6 Å². The molecule has 4 aromatic rings. The number of nitrogens with zero attached hydrogens (tertiary/aromatic N) is 7. The molecule has 0 atom stereocenters. The molecule has 110 valence electrons. The number of hydrogen-bond donors (Lipinski definition) is 0. The van der Waals surface area contributed by atoms with Crippen LogP contribution in [-0.2, 0) is 0 Å². The predicted molar refractivity (Wildman–Crippen MR) is 83.4 cm³/mol. The summed E-state index contributed by atoms with van der Waals surface area (Å²) in [4.78, 5) is 21.6. The minimum Gasteiger partial charge on any atom is -0.263 e. The summed E-state index contributed by atoms with van der Waals surface area (Å²) in [6, 6.07) is 5.40. The molecule has 0 aliphatic rings. The van der Waals surface area contributed by atoms with Crippen LogP contribution in [0.3, 0.4) is 0 Å². The fraction of sp³-hybridized carbons (Fsp3) is 0. The molecular weight excluding hydrogens is 290 g/mol. The maximum absolute atomic E-state index is 4.34. The smallest absolute Gasteiger partial charge is 0.162 e. The highest BCUT2D eigenvalue weighted by atomic mass is 15.3. The fourth-order valence-electron chi connectivity index (χ4n) is 2.31. The van der Waals surface area contributed by atoms with Gasteiger partial charge in [0.2, 0.25) is 0 Å². The van der Waals surface area contributed by atoms with Crippen molar-refractivity contribution in [2.75, 3.05) is 0 Å². The van der Waals surface area contributed by atoms with E-state index in [9.17, 15) is 0 Å². The van der Waals surface area contributed by atoms with E-state index in [1.165, 1.54) is 0 Å². The first-order valence-corrected chi connectivity index (χ1v) is 6.96. The van der Waals surface area contributed by atoms with Gasteiger partial charge in [0.05, 0.1) is 16.8 Å². The number of aromatic nitrogens is 7. The lowest BCUT2D eigenvalue weighted by atomic mass is 10.1. The average Bonchev–Trinajstić information content (AvgIpc) is 3.17. The van der Waals surface area contributed by atoms with Gasteiger partial charge >= 0.3 is 0 Å². The maximum Gasteiger partial charge on any atom is 0.162 e. The topological polar surface area (TPSA) is 82.3 Å². The van der Waals surface area contributed by atoms with E-state index in [1.807, 2.05) is 12.3 Å². The fourth-order valence-corrected chi connectivity index (χ4v) is 2.31. The van der Waals surface area contributed by atoms with Crippen LogP contribution in [0, 0.1) is 0 Å². The summed E-state index contributed by atoms with van der Waals surface area (Å²) in [6.45, 7) is 0. The van der Waals surface area contributed by atoms with Gasteiger partial charge < -0.3 is 0 Å². The third kappa shape index (κ3) is 2.44. The van der Waals surface area contributed by atoms with Gasteiger partial charge in [0.15, 0.2) is 11.6 Å². The molecule has 0 fully saturated rings. The SMILES string of the molecule is c1cnc(-c2cncc(-c3ncccn3)c2-n2cccn2)nc1. The second-order valence-corrected chi connectivity index (χ2v) is 4.68. The number of pyridine rings is 1. The molecule has 0 amide bonds. The molecule has 4 aromatic heterocycles. The highest BCUT2D eigenvalue weighted by Crippen LogP contribution is 2.30. The molecule has 0 saturated carbocycles. The second-order valence-electron chi connectivity index (χ2n) is 4.68. The minimum absolute atomic E-state index is 0.572. The van der Waals surface area contributed by atoms with Crippen LogP contribution in [0.5, 0.6) is 0 Å². The zero-order valence-corrected chi connectivity index (χ0v) is 12.0. The third-order valence-corrected chi connectivity index (χ3v) is 3.26. The van der Waals surface area contributed by atoms with Gasteiger partial charge in [-0.1, -0.05) is 0 Å². The zero-order chi connectivity index (χ0) is 15.5.